The Kier molecular flexibility index (Phi) is 3.55. The lowest BCUT2D eigenvalue weighted by Crippen LogP contribution is -2.06. The van der Waals surface area contributed by atoms with Crippen LogP contribution >= 0.6 is 0 Å². The minimum atomic E-state index is -0.414. The molecule has 96 valence electrons. The van der Waals surface area contributed by atoms with E-state index < -0.39 is 5.82 Å². The lowest BCUT2D eigenvalue weighted by molar-refractivity contribution is 0.606. The second-order valence-electron chi connectivity index (χ2n) is 4.02. The highest BCUT2D eigenvalue weighted by Gasteiger charge is 2.14. The predicted octanol–water partition coefficient (Wildman–Crippen LogP) is 2.24. The molecule has 6 heteroatoms. The lowest BCUT2D eigenvalue weighted by Gasteiger charge is -2.09. The van der Waals surface area contributed by atoms with Gasteiger partial charge in [0.2, 0.25) is 0 Å². The van der Waals surface area contributed by atoms with Crippen molar-refractivity contribution in [2.24, 2.45) is 0 Å². The van der Waals surface area contributed by atoms with Crippen molar-refractivity contribution in [3.05, 3.63) is 24.0 Å². The Hall–Kier alpha value is -1.98. The summed E-state index contributed by atoms with van der Waals surface area (Å²) in [6.07, 6.45) is 4.42. The van der Waals surface area contributed by atoms with Crippen LogP contribution in [-0.4, -0.2) is 26.6 Å². The smallest absolute Gasteiger partial charge is 0.186 e. The molecule has 0 radical (unpaired) electrons. The standard InChI is InChI=1S/C12H16FN5/c1-4-5-18-7-15-6-9(18)11-16-8(2)10(13)12(14-3)17-11/h6-7H,4-5H2,1-3H3,(H,14,16,17). The van der Waals surface area contributed by atoms with Crippen molar-refractivity contribution in [2.45, 2.75) is 26.8 Å². The van der Waals surface area contributed by atoms with E-state index in [1.54, 1.807) is 26.5 Å². The van der Waals surface area contributed by atoms with Gasteiger partial charge >= 0.3 is 0 Å². The maximum absolute atomic E-state index is 13.7. The van der Waals surface area contributed by atoms with Gasteiger partial charge in [0.15, 0.2) is 17.5 Å². The van der Waals surface area contributed by atoms with E-state index in [0.717, 1.165) is 18.7 Å². The molecule has 0 bridgehead atoms. The van der Waals surface area contributed by atoms with E-state index in [1.165, 1.54) is 0 Å². The van der Waals surface area contributed by atoms with Crippen molar-refractivity contribution in [2.75, 3.05) is 12.4 Å². The molecule has 0 aromatic carbocycles. The molecular weight excluding hydrogens is 233 g/mol. The monoisotopic (exact) mass is 249 g/mol. The number of hydrogen-bond acceptors (Lipinski definition) is 4. The molecule has 0 amide bonds. The maximum Gasteiger partial charge on any atom is 0.186 e. The van der Waals surface area contributed by atoms with Gasteiger partial charge in [-0.1, -0.05) is 6.92 Å². The molecule has 1 N–H and O–H groups in total. The molecule has 0 spiro atoms. The van der Waals surface area contributed by atoms with Crippen LogP contribution in [0.25, 0.3) is 11.5 Å². The highest BCUT2D eigenvalue weighted by Crippen LogP contribution is 2.20. The first-order valence-corrected chi connectivity index (χ1v) is 5.89. The SMILES string of the molecule is CCCn1cncc1-c1nc(C)c(F)c(NC)n1. The predicted molar refractivity (Wildman–Crippen MR) is 67.8 cm³/mol. The van der Waals surface area contributed by atoms with Crippen molar-refractivity contribution in [1.29, 1.82) is 0 Å². The summed E-state index contributed by atoms with van der Waals surface area (Å²) in [5, 5.41) is 2.73. The van der Waals surface area contributed by atoms with Crippen LogP contribution in [0.5, 0.6) is 0 Å². The molecule has 0 fully saturated rings. The Labute approximate surface area is 105 Å². The zero-order valence-electron chi connectivity index (χ0n) is 10.7. The van der Waals surface area contributed by atoms with Crippen molar-refractivity contribution in [3.8, 4) is 11.5 Å². The number of nitrogens with one attached hydrogen (secondary N) is 1. The first kappa shape index (κ1) is 12.5. The van der Waals surface area contributed by atoms with Crippen LogP contribution in [0, 0.1) is 12.7 Å². The van der Waals surface area contributed by atoms with Gasteiger partial charge in [-0.3, -0.25) is 0 Å². The number of rotatable bonds is 4. The van der Waals surface area contributed by atoms with Crippen molar-refractivity contribution >= 4 is 5.82 Å². The van der Waals surface area contributed by atoms with Crippen LogP contribution in [0.2, 0.25) is 0 Å². The molecule has 0 saturated carbocycles. The highest BCUT2D eigenvalue weighted by atomic mass is 19.1. The fourth-order valence-electron chi connectivity index (χ4n) is 1.77. The molecule has 0 unspecified atom stereocenters. The first-order valence-electron chi connectivity index (χ1n) is 5.89. The number of anilines is 1. The average Bonchev–Trinajstić information content (AvgIpc) is 2.81. The Balaban J connectivity index is 2.50. The number of hydrogen-bond donors (Lipinski definition) is 1. The molecule has 0 aliphatic heterocycles. The van der Waals surface area contributed by atoms with Gasteiger partial charge in [0.25, 0.3) is 0 Å². The molecule has 2 rings (SSSR count). The van der Waals surface area contributed by atoms with Gasteiger partial charge in [-0.15, -0.1) is 0 Å². The van der Waals surface area contributed by atoms with Crippen LogP contribution in [-0.2, 0) is 6.54 Å². The largest absolute Gasteiger partial charge is 0.371 e. The zero-order chi connectivity index (χ0) is 13.1. The summed E-state index contributed by atoms with van der Waals surface area (Å²) in [6.45, 7) is 4.55. The van der Waals surface area contributed by atoms with Gasteiger partial charge in [0.1, 0.15) is 5.69 Å². The summed E-state index contributed by atoms with van der Waals surface area (Å²) in [6, 6.07) is 0. The second-order valence-corrected chi connectivity index (χ2v) is 4.02. The summed E-state index contributed by atoms with van der Waals surface area (Å²) in [5.41, 5.74) is 1.13. The number of nitrogens with zero attached hydrogens (tertiary/aromatic N) is 4. The molecule has 0 atom stereocenters. The third kappa shape index (κ3) is 2.18. The second kappa shape index (κ2) is 5.12. The van der Waals surface area contributed by atoms with E-state index in [2.05, 4.69) is 27.2 Å². The van der Waals surface area contributed by atoms with Gasteiger partial charge in [0, 0.05) is 13.6 Å². The first-order chi connectivity index (χ1) is 8.67. The third-order valence-corrected chi connectivity index (χ3v) is 2.66. The van der Waals surface area contributed by atoms with Gasteiger partial charge in [-0.05, 0) is 13.3 Å². The van der Waals surface area contributed by atoms with Crippen LogP contribution in [0.15, 0.2) is 12.5 Å². The van der Waals surface area contributed by atoms with Crippen molar-refractivity contribution in [3.63, 3.8) is 0 Å². The molecule has 0 saturated heterocycles. The van der Waals surface area contributed by atoms with Crippen molar-refractivity contribution < 1.29 is 4.39 Å². The summed E-state index contributed by atoms with van der Waals surface area (Å²) < 4.78 is 15.6. The molecule has 0 aliphatic rings. The van der Waals surface area contributed by atoms with E-state index >= 15 is 0 Å². The van der Waals surface area contributed by atoms with E-state index in [9.17, 15) is 4.39 Å². The minimum absolute atomic E-state index is 0.210. The Bertz CT molecular complexity index is 549. The van der Waals surface area contributed by atoms with E-state index in [1.807, 2.05) is 4.57 Å². The van der Waals surface area contributed by atoms with Gasteiger partial charge < -0.3 is 9.88 Å². The normalized spacial score (nSPS) is 10.7. The Morgan fingerprint density at radius 3 is 2.83 bits per heavy atom. The Morgan fingerprint density at radius 2 is 2.17 bits per heavy atom. The highest BCUT2D eigenvalue weighted by molar-refractivity contribution is 5.53. The van der Waals surface area contributed by atoms with Crippen LogP contribution in [0.1, 0.15) is 19.0 Å². The van der Waals surface area contributed by atoms with Crippen molar-refractivity contribution in [1.82, 2.24) is 19.5 Å². The summed E-state index contributed by atoms with van der Waals surface area (Å²) in [4.78, 5) is 12.5. The number of aryl methyl sites for hydroxylation is 2. The maximum atomic E-state index is 13.7. The van der Waals surface area contributed by atoms with E-state index in [0.29, 0.717) is 11.5 Å². The summed E-state index contributed by atoms with van der Waals surface area (Å²) in [5.74, 6) is 0.286. The molecule has 2 aromatic rings. The molecular formula is C12H16FN5. The molecule has 18 heavy (non-hydrogen) atoms. The number of aromatic nitrogens is 4. The quantitative estimate of drug-likeness (QED) is 0.902. The van der Waals surface area contributed by atoms with Crippen LogP contribution in [0.3, 0.4) is 0 Å². The molecule has 5 nitrogen and oxygen atoms in total. The molecule has 2 heterocycles. The topological polar surface area (TPSA) is 55.6 Å². The molecule has 2 aromatic heterocycles. The van der Waals surface area contributed by atoms with Crippen LogP contribution in [0.4, 0.5) is 10.2 Å². The zero-order valence-corrected chi connectivity index (χ0v) is 10.7. The van der Waals surface area contributed by atoms with E-state index in [4.69, 9.17) is 0 Å². The van der Waals surface area contributed by atoms with Gasteiger partial charge in [-0.25, -0.2) is 19.3 Å². The summed E-state index contributed by atoms with van der Waals surface area (Å²) >= 11 is 0. The number of imidazole rings is 1. The third-order valence-electron chi connectivity index (χ3n) is 2.66. The Morgan fingerprint density at radius 1 is 1.39 bits per heavy atom. The molecule has 0 aliphatic carbocycles. The fourth-order valence-corrected chi connectivity index (χ4v) is 1.77. The number of halogens is 1. The summed E-state index contributed by atoms with van der Waals surface area (Å²) in [7, 11) is 1.64. The van der Waals surface area contributed by atoms with E-state index in [-0.39, 0.29) is 5.82 Å². The minimum Gasteiger partial charge on any atom is -0.371 e. The van der Waals surface area contributed by atoms with Crippen LogP contribution < -0.4 is 5.32 Å². The lowest BCUT2D eigenvalue weighted by atomic mass is 10.3. The average molecular weight is 249 g/mol. The fraction of sp³-hybridized carbons (Fsp3) is 0.417. The van der Waals surface area contributed by atoms with Gasteiger partial charge in [-0.2, -0.15) is 0 Å². The van der Waals surface area contributed by atoms with Gasteiger partial charge in [0.05, 0.1) is 18.2 Å².